The highest BCUT2D eigenvalue weighted by atomic mass is 31.2. The van der Waals surface area contributed by atoms with Crippen LogP contribution in [0, 0.1) is 0 Å². The van der Waals surface area contributed by atoms with E-state index in [9.17, 15) is 4.57 Å². The molecule has 0 saturated heterocycles. The van der Waals surface area contributed by atoms with Crippen LogP contribution in [-0.2, 0) is 4.57 Å². The molecule has 0 aliphatic rings. The molecule has 13 heavy (non-hydrogen) atoms. The first-order valence-corrected chi connectivity index (χ1v) is 5.34. The van der Waals surface area contributed by atoms with Crippen molar-refractivity contribution in [2.45, 2.75) is 0 Å². The highest BCUT2D eigenvalue weighted by molar-refractivity contribution is 7.67. The maximum atomic E-state index is 11.3. The number of hydrogen-bond acceptors (Lipinski definition) is 3. The van der Waals surface area contributed by atoms with E-state index in [2.05, 4.69) is 5.16 Å². The monoisotopic (exact) mass is 199 g/mol. The largest absolute Gasteiger partial charge is 0.411 e. The molecule has 6 heteroatoms. The predicted octanol–water partition coefficient (Wildman–Crippen LogP) is 0.230. The zero-order chi connectivity index (χ0) is 9.90. The second kappa shape index (κ2) is 3.70. The van der Waals surface area contributed by atoms with Gasteiger partial charge in [0.1, 0.15) is 0 Å². The summed E-state index contributed by atoms with van der Waals surface area (Å²) in [7, 11) is -3.29. The average molecular weight is 199 g/mol. The van der Waals surface area contributed by atoms with Crippen LogP contribution in [0.15, 0.2) is 29.4 Å². The third-order valence-electron chi connectivity index (χ3n) is 1.51. The summed E-state index contributed by atoms with van der Waals surface area (Å²) in [5.41, 5.74) is 11.0. The number of hydrogen-bond donors (Lipinski definition) is 3. The quantitative estimate of drug-likeness (QED) is 0.274. The molecule has 0 aromatic heterocycles. The Morgan fingerprint density at radius 2 is 2.00 bits per heavy atom. The lowest BCUT2D eigenvalue weighted by Gasteiger charge is -2.08. The fourth-order valence-electron chi connectivity index (χ4n) is 0.977. The molecule has 0 amide bonds. The first-order valence-electron chi connectivity index (χ1n) is 3.50. The van der Waals surface area contributed by atoms with E-state index >= 15 is 0 Å². The molecule has 1 rings (SSSR count). The smallest absolute Gasteiger partial charge is 0.236 e. The Morgan fingerprint density at radius 3 is 2.54 bits per heavy atom. The second-order valence-corrected chi connectivity index (χ2v) is 4.41. The molecule has 1 aromatic carbocycles. The van der Waals surface area contributed by atoms with Crippen LogP contribution in [0.25, 0.3) is 0 Å². The summed E-state index contributed by atoms with van der Waals surface area (Å²) in [5.74, 6) is 0. The summed E-state index contributed by atoms with van der Waals surface area (Å²) in [5, 5.41) is 11.4. The minimum atomic E-state index is -3.29. The molecule has 0 saturated carbocycles. The highest BCUT2D eigenvalue weighted by Gasteiger charge is 2.15. The Hall–Kier alpha value is -1.16. The molecule has 0 radical (unpaired) electrons. The Morgan fingerprint density at radius 1 is 1.38 bits per heavy atom. The van der Waals surface area contributed by atoms with E-state index in [-0.39, 0.29) is 0 Å². The molecular formula is C7H10N3O2P. The van der Waals surface area contributed by atoms with Crippen molar-refractivity contribution in [3.8, 4) is 0 Å². The van der Waals surface area contributed by atoms with Gasteiger partial charge in [0.05, 0.1) is 6.21 Å². The standard InChI is InChI=1S/C7H10N3O2P/c8-13(9,12)7-4-2-1-3-6(7)5-10-11/h1-5,11H,(H4,8,9,12)/b10-5+. The van der Waals surface area contributed by atoms with E-state index in [4.69, 9.17) is 16.2 Å². The molecule has 5 N–H and O–H groups in total. The van der Waals surface area contributed by atoms with Gasteiger partial charge >= 0.3 is 0 Å². The topological polar surface area (TPSA) is 102 Å². The van der Waals surface area contributed by atoms with Crippen molar-refractivity contribution in [1.82, 2.24) is 0 Å². The van der Waals surface area contributed by atoms with Crippen molar-refractivity contribution in [2.75, 3.05) is 0 Å². The van der Waals surface area contributed by atoms with Crippen molar-refractivity contribution >= 4 is 19.0 Å². The van der Waals surface area contributed by atoms with E-state index in [1.54, 1.807) is 18.2 Å². The van der Waals surface area contributed by atoms with E-state index in [1.807, 2.05) is 0 Å². The fourth-order valence-corrected chi connectivity index (χ4v) is 1.83. The molecule has 0 fully saturated rings. The molecule has 0 aliphatic carbocycles. The summed E-state index contributed by atoms with van der Waals surface area (Å²) in [6.07, 6.45) is 1.14. The van der Waals surface area contributed by atoms with Gasteiger partial charge in [-0.25, -0.2) is 0 Å². The van der Waals surface area contributed by atoms with Gasteiger partial charge in [0.2, 0.25) is 7.44 Å². The summed E-state index contributed by atoms with van der Waals surface area (Å²) in [6.45, 7) is 0. The van der Waals surface area contributed by atoms with Gasteiger partial charge in [-0.1, -0.05) is 23.4 Å². The van der Waals surface area contributed by atoms with Gasteiger partial charge in [-0.15, -0.1) is 0 Å². The van der Waals surface area contributed by atoms with Crippen molar-refractivity contribution < 1.29 is 9.77 Å². The molecule has 0 unspecified atom stereocenters. The van der Waals surface area contributed by atoms with E-state index in [0.717, 1.165) is 6.21 Å². The van der Waals surface area contributed by atoms with Crippen LogP contribution >= 0.6 is 7.44 Å². The van der Waals surface area contributed by atoms with Crippen LogP contribution < -0.4 is 16.3 Å². The summed E-state index contributed by atoms with van der Waals surface area (Å²) < 4.78 is 11.3. The maximum Gasteiger partial charge on any atom is 0.236 e. The van der Waals surface area contributed by atoms with Crippen LogP contribution in [0.2, 0.25) is 0 Å². The van der Waals surface area contributed by atoms with Gasteiger partial charge < -0.3 is 5.21 Å². The third kappa shape index (κ3) is 2.39. The summed E-state index contributed by atoms with van der Waals surface area (Å²) in [4.78, 5) is 0. The Bertz CT molecular complexity index is 372. The van der Waals surface area contributed by atoms with E-state index in [0.29, 0.717) is 10.9 Å². The first kappa shape index (κ1) is 9.92. The Kier molecular flexibility index (Phi) is 2.83. The second-order valence-electron chi connectivity index (χ2n) is 2.51. The number of benzene rings is 1. The van der Waals surface area contributed by atoms with Gasteiger partial charge in [0.25, 0.3) is 0 Å². The van der Waals surface area contributed by atoms with Crippen molar-refractivity contribution in [3.63, 3.8) is 0 Å². The van der Waals surface area contributed by atoms with Crippen LogP contribution in [0.5, 0.6) is 0 Å². The third-order valence-corrected chi connectivity index (χ3v) is 2.67. The lowest BCUT2D eigenvalue weighted by atomic mass is 10.2. The number of oxime groups is 1. The minimum Gasteiger partial charge on any atom is -0.411 e. The van der Waals surface area contributed by atoms with Gasteiger partial charge in [-0.05, 0) is 6.07 Å². The Labute approximate surface area is 75.5 Å². The van der Waals surface area contributed by atoms with Gasteiger partial charge in [-0.2, -0.15) is 0 Å². The number of nitrogens with zero attached hydrogens (tertiary/aromatic N) is 1. The number of rotatable bonds is 2. The van der Waals surface area contributed by atoms with E-state index in [1.165, 1.54) is 6.07 Å². The fraction of sp³-hybridized carbons (Fsp3) is 0. The molecule has 0 bridgehead atoms. The lowest BCUT2D eigenvalue weighted by molar-refractivity contribution is 0.322. The molecule has 0 atom stereocenters. The van der Waals surface area contributed by atoms with Crippen molar-refractivity contribution in [2.24, 2.45) is 16.2 Å². The van der Waals surface area contributed by atoms with Gasteiger partial charge in [0, 0.05) is 10.9 Å². The molecule has 1 aromatic rings. The molecule has 0 aliphatic heterocycles. The molecule has 70 valence electrons. The highest BCUT2D eigenvalue weighted by Crippen LogP contribution is 2.24. The SMILES string of the molecule is NP(N)(=O)c1ccccc1/C=N/O. The summed E-state index contributed by atoms with van der Waals surface area (Å²) in [6, 6.07) is 6.52. The molecular weight excluding hydrogens is 189 g/mol. The van der Waals surface area contributed by atoms with E-state index < -0.39 is 7.44 Å². The first-order chi connectivity index (χ1) is 6.05. The minimum absolute atomic E-state index is 0.299. The zero-order valence-electron chi connectivity index (χ0n) is 6.79. The van der Waals surface area contributed by atoms with Crippen LogP contribution in [0.4, 0.5) is 0 Å². The normalized spacial score (nSPS) is 12.2. The van der Waals surface area contributed by atoms with Gasteiger partial charge in [-0.3, -0.25) is 15.6 Å². The van der Waals surface area contributed by atoms with Crippen LogP contribution in [0.1, 0.15) is 5.56 Å². The molecule has 5 nitrogen and oxygen atoms in total. The zero-order valence-corrected chi connectivity index (χ0v) is 7.69. The van der Waals surface area contributed by atoms with Gasteiger partial charge in [0.15, 0.2) is 0 Å². The summed E-state index contributed by atoms with van der Waals surface area (Å²) >= 11 is 0. The lowest BCUT2D eigenvalue weighted by Crippen LogP contribution is -2.21. The van der Waals surface area contributed by atoms with Crippen molar-refractivity contribution in [1.29, 1.82) is 0 Å². The van der Waals surface area contributed by atoms with Crippen LogP contribution in [0.3, 0.4) is 0 Å². The Balaban J connectivity index is 3.28. The van der Waals surface area contributed by atoms with Crippen LogP contribution in [-0.4, -0.2) is 11.4 Å². The predicted molar refractivity (Wildman–Crippen MR) is 51.4 cm³/mol. The maximum absolute atomic E-state index is 11.3. The molecule has 0 heterocycles. The number of nitrogens with two attached hydrogens (primary N) is 2. The molecule has 0 spiro atoms. The average Bonchev–Trinajstić information content (AvgIpc) is 2.04. The van der Waals surface area contributed by atoms with Crippen molar-refractivity contribution in [3.05, 3.63) is 29.8 Å².